The van der Waals surface area contributed by atoms with Crippen LogP contribution in [0.1, 0.15) is 17.5 Å². The fourth-order valence-electron chi connectivity index (χ4n) is 1.81. The molecule has 1 heterocycles. The van der Waals surface area contributed by atoms with Crippen molar-refractivity contribution >= 4 is 5.91 Å². The van der Waals surface area contributed by atoms with Gasteiger partial charge in [0.2, 0.25) is 12.7 Å². The number of hydrazine groups is 1. The molecule has 1 aliphatic rings. The molecule has 1 aromatic carbocycles. The number of ether oxygens (including phenoxy) is 2. The van der Waals surface area contributed by atoms with Gasteiger partial charge in [-0.25, -0.2) is 5.43 Å². The summed E-state index contributed by atoms with van der Waals surface area (Å²) in [5.74, 6) is 1.52. The molecule has 0 bridgehead atoms. The molecule has 0 fully saturated rings. The van der Waals surface area contributed by atoms with Crippen LogP contribution in [0, 0.1) is 6.92 Å². The van der Waals surface area contributed by atoms with Gasteiger partial charge in [0.05, 0.1) is 0 Å². The van der Waals surface area contributed by atoms with E-state index in [1.165, 1.54) is 0 Å². The lowest BCUT2D eigenvalue weighted by Crippen LogP contribution is -2.34. The Bertz CT molecular complexity index is 432. The average Bonchev–Trinajstić information content (AvgIpc) is 2.73. The van der Waals surface area contributed by atoms with E-state index in [-0.39, 0.29) is 12.7 Å². The molecule has 0 unspecified atom stereocenters. The molecular weight excluding hydrogens is 220 g/mol. The minimum atomic E-state index is -0.0235. The molecule has 17 heavy (non-hydrogen) atoms. The molecular formula is C12H16N2O3. The second kappa shape index (κ2) is 5.05. The van der Waals surface area contributed by atoms with E-state index < -0.39 is 0 Å². The second-order valence-electron chi connectivity index (χ2n) is 3.93. The van der Waals surface area contributed by atoms with E-state index in [1.54, 1.807) is 7.05 Å². The van der Waals surface area contributed by atoms with Crippen LogP contribution in [-0.2, 0) is 11.2 Å². The van der Waals surface area contributed by atoms with E-state index in [2.05, 4.69) is 10.9 Å². The Kier molecular flexibility index (Phi) is 3.49. The van der Waals surface area contributed by atoms with E-state index in [0.29, 0.717) is 12.8 Å². The number of hydrogen-bond acceptors (Lipinski definition) is 4. The van der Waals surface area contributed by atoms with Gasteiger partial charge in [0, 0.05) is 13.5 Å². The lowest BCUT2D eigenvalue weighted by molar-refractivity contribution is -0.121. The summed E-state index contributed by atoms with van der Waals surface area (Å²) in [6.45, 7) is 2.28. The van der Waals surface area contributed by atoms with Crippen molar-refractivity contribution in [3.05, 3.63) is 23.3 Å². The average molecular weight is 236 g/mol. The summed E-state index contributed by atoms with van der Waals surface area (Å²) < 4.78 is 10.6. The van der Waals surface area contributed by atoms with Crippen LogP contribution in [0.15, 0.2) is 12.1 Å². The fourth-order valence-corrected chi connectivity index (χ4v) is 1.81. The molecule has 1 aromatic rings. The van der Waals surface area contributed by atoms with Crippen LogP contribution < -0.4 is 20.3 Å². The molecule has 5 heteroatoms. The lowest BCUT2D eigenvalue weighted by atomic mass is 10.0. The second-order valence-corrected chi connectivity index (χ2v) is 3.93. The molecule has 0 saturated carbocycles. The van der Waals surface area contributed by atoms with E-state index in [9.17, 15) is 4.79 Å². The molecule has 0 aromatic heterocycles. The summed E-state index contributed by atoms with van der Waals surface area (Å²) in [5, 5.41) is 0. The van der Waals surface area contributed by atoms with Crippen molar-refractivity contribution in [2.75, 3.05) is 13.8 Å². The Hall–Kier alpha value is -1.75. The van der Waals surface area contributed by atoms with Crippen molar-refractivity contribution < 1.29 is 14.3 Å². The summed E-state index contributed by atoms with van der Waals surface area (Å²) in [5.41, 5.74) is 7.39. The summed E-state index contributed by atoms with van der Waals surface area (Å²) in [6.07, 6.45) is 1.14. The highest BCUT2D eigenvalue weighted by molar-refractivity contribution is 5.75. The first-order valence-corrected chi connectivity index (χ1v) is 5.55. The third-order valence-corrected chi connectivity index (χ3v) is 2.72. The largest absolute Gasteiger partial charge is 0.454 e. The summed E-state index contributed by atoms with van der Waals surface area (Å²) in [7, 11) is 1.67. The third kappa shape index (κ3) is 2.68. The number of benzene rings is 1. The van der Waals surface area contributed by atoms with Crippen molar-refractivity contribution in [3.63, 3.8) is 0 Å². The van der Waals surface area contributed by atoms with Gasteiger partial charge in [-0.3, -0.25) is 10.2 Å². The van der Waals surface area contributed by atoms with Crippen LogP contribution in [0.25, 0.3) is 0 Å². The van der Waals surface area contributed by atoms with Crippen LogP contribution in [0.2, 0.25) is 0 Å². The number of rotatable bonds is 4. The number of carbonyl (C=O) groups excluding carboxylic acids is 1. The zero-order chi connectivity index (χ0) is 12.3. The molecule has 5 nitrogen and oxygen atoms in total. The predicted molar refractivity (Wildman–Crippen MR) is 62.8 cm³/mol. The smallest absolute Gasteiger partial charge is 0.234 e. The third-order valence-electron chi connectivity index (χ3n) is 2.72. The SMILES string of the molecule is CNNC(=O)CCc1cc2c(cc1C)OCO2. The summed E-state index contributed by atoms with van der Waals surface area (Å²) in [4.78, 5) is 11.3. The van der Waals surface area contributed by atoms with E-state index in [0.717, 1.165) is 22.6 Å². The molecule has 2 N–H and O–H groups in total. The number of nitrogens with one attached hydrogen (secondary N) is 2. The fraction of sp³-hybridized carbons (Fsp3) is 0.417. The minimum Gasteiger partial charge on any atom is -0.454 e. The number of fused-ring (bicyclic) bond motifs is 1. The Morgan fingerprint density at radius 3 is 2.76 bits per heavy atom. The quantitative estimate of drug-likeness (QED) is 0.763. The van der Waals surface area contributed by atoms with Crippen LogP contribution in [0.3, 0.4) is 0 Å². The molecule has 0 saturated heterocycles. The minimum absolute atomic E-state index is 0.0235. The highest BCUT2D eigenvalue weighted by Gasteiger charge is 2.15. The van der Waals surface area contributed by atoms with Crippen molar-refractivity contribution in [1.29, 1.82) is 0 Å². The van der Waals surface area contributed by atoms with Gasteiger partial charge < -0.3 is 9.47 Å². The number of carbonyl (C=O) groups is 1. The highest BCUT2D eigenvalue weighted by atomic mass is 16.7. The normalized spacial score (nSPS) is 12.6. The van der Waals surface area contributed by atoms with Crippen molar-refractivity contribution in [1.82, 2.24) is 10.9 Å². The van der Waals surface area contributed by atoms with Gasteiger partial charge in [0.1, 0.15) is 0 Å². The van der Waals surface area contributed by atoms with Crippen molar-refractivity contribution in [2.45, 2.75) is 19.8 Å². The first-order chi connectivity index (χ1) is 8.20. The Labute approximate surface area is 100 Å². The monoisotopic (exact) mass is 236 g/mol. The Morgan fingerprint density at radius 1 is 1.35 bits per heavy atom. The zero-order valence-electron chi connectivity index (χ0n) is 10.0. The molecule has 2 rings (SSSR count). The van der Waals surface area contributed by atoms with Gasteiger partial charge >= 0.3 is 0 Å². The summed E-state index contributed by atoms with van der Waals surface area (Å²) >= 11 is 0. The Morgan fingerprint density at radius 2 is 2.06 bits per heavy atom. The lowest BCUT2D eigenvalue weighted by Gasteiger charge is -2.07. The first kappa shape index (κ1) is 11.7. The van der Waals surface area contributed by atoms with Crippen LogP contribution >= 0.6 is 0 Å². The van der Waals surface area contributed by atoms with Crippen LogP contribution in [-0.4, -0.2) is 19.7 Å². The number of aryl methyl sites for hydroxylation is 2. The van der Waals surface area contributed by atoms with Gasteiger partial charge in [-0.2, -0.15) is 0 Å². The predicted octanol–water partition coefficient (Wildman–Crippen LogP) is 0.907. The molecule has 0 spiro atoms. The van der Waals surface area contributed by atoms with Crippen LogP contribution in [0.5, 0.6) is 11.5 Å². The first-order valence-electron chi connectivity index (χ1n) is 5.55. The van der Waals surface area contributed by atoms with E-state index >= 15 is 0 Å². The molecule has 0 radical (unpaired) electrons. The molecule has 0 aliphatic carbocycles. The van der Waals surface area contributed by atoms with Gasteiger partial charge in [-0.15, -0.1) is 0 Å². The maximum atomic E-state index is 11.3. The van der Waals surface area contributed by atoms with Gasteiger partial charge in [0.25, 0.3) is 0 Å². The Balaban J connectivity index is 2.04. The van der Waals surface area contributed by atoms with Gasteiger partial charge in [-0.05, 0) is 36.6 Å². The maximum absolute atomic E-state index is 11.3. The van der Waals surface area contributed by atoms with Gasteiger partial charge in [-0.1, -0.05) is 0 Å². The molecule has 1 amide bonds. The van der Waals surface area contributed by atoms with Gasteiger partial charge in [0.15, 0.2) is 11.5 Å². The molecule has 0 atom stereocenters. The highest BCUT2D eigenvalue weighted by Crippen LogP contribution is 2.34. The molecule has 1 aliphatic heterocycles. The maximum Gasteiger partial charge on any atom is 0.234 e. The topological polar surface area (TPSA) is 59.6 Å². The standard InChI is InChI=1S/C12H16N2O3/c1-8-5-10-11(17-7-16-10)6-9(8)3-4-12(15)14-13-2/h5-6,13H,3-4,7H2,1-2H3,(H,14,15). The van der Waals surface area contributed by atoms with Crippen LogP contribution in [0.4, 0.5) is 0 Å². The van der Waals surface area contributed by atoms with E-state index in [1.807, 2.05) is 19.1 Å². The number of amides is 1. The zero-order valence-corrected chi connectivity index (χ0v) is 10.0. The van der Waals surface area contributed by atoms with Crippen molar-refractivity contribution in [3.8, 4) is 11.5 Å². The van der Waals surface area contributed by atoms with Crippen molar-refractivity contribution in [2.24, 2.45) is 0 Å². The molecule has 92 valence electrons. The van der Waals surface area contributed by atoms with E-state index in [4.69, 9.17) is 9.47 Å². The number of hydrogen-bond donors (Lipinski definition) is 2. The summed E-state index contributed by atoms with van der Waals surface area (Å²) in [6, 6.07) is 3.90.